The minimum absolute atomic E-state index is 0.268. The molecule has 0 aliphatic rings. The number of para-hydroxylation sites is 1. The molecule has 10 nitrogen and oxygen atoms in total. The summed E-state index contributed by atoms with van der Waals surface area (Å²) in [6, 6.07) is 16.6. The van der Waals surface area contributed by atoms with Gasteiger partial charge in [-0.05, 0) is 29.8 Å². The number of nitrogen functional groups attached to an aromatic ring is 1. The highest BCUT2D eigenvalue weighted by Crippen LogP contribution is 2.30. The zero-order valence-electron chi connectivity index (χ0n) is 16.8. The Labute approximate surface area is 183 Å². The molecule has 1 atom stereocenters. The van der Waals surface area contributed by atoms with Crippen LogP contribution in [0, 0.1) is 0 Å². The zero-order valence-corrected chi connectivity index (χ0v) is 17.7. The average Bonchev–Trinajstić information content (AvgIpc) is 3.23. The molecular formula is C21H20N5O5P. The molecule has 3 N–H and O–H groups in total. The van der Waals surface area contributed by atoms with Crippen molar-refractivity contribution in [1.29, 1.82) is 0 Å². The first-order valence-corrected chi connectivity index (χ1v) is 11.0. The molecule has 0 amide bonds. The van der Waals surface area contributed by atoms with Gasteiger partial charge in [0.15, 0.2) is 6.73 Å². The molecule has 0 bridgehead atoms. The van der Waals surface area contributed by atoms with Gasteiger partial charge in [-0.1, -0.05) is 24.3 Å². The summed E-state index contributed by atoms with van der Waals surface area (Å²) in [5.41, 5.74) is 8.45. The topological polar surface area (TPSA) is 139 Å². The third-order valence-corrected chi connectivity index (χ3v) is 4.97. The quantitative estimate of drug-likeness (QED) is 0.305. The summed E-state index contributed by atoms with van der Waals surface area (Å²) in [5.74, 6) is 1.48. The highest BCUT2D eigenvalue weighted by molar-refractivity contribution is 7.44. The average molecular weight is 453 g/mol. The van der Waals surface area contributed by atoms with E-state index in [0.717, 1.165) is 11.1 Å². The van der Waals surface area contributed by atoms with E-state index in [1.54, 1.807) is 41.5 Å². The lowest BCUT2D eigenvalue weighted by molar-refractivity contribution is -0.712. The van der Waals surface area contributed by atoms with E-state index in [9.17, 15) is 9.46 Å². The number of hydrogen-bond acceptors (Lipinski definition) is 7. The maximum atomic E-state index is 10.8. The monoisotopic (exact) mass is 453 g/mol. The van der Waals surface area contributed by atoms with Crippen LogP contribution < -0.4 is 19.9 Å². The summed E-state index contributed by atoms with van der Waals surface area (Å²) in [7, 11) is -4.85. The van der Waals surface area contributed by atoms with Crippen LogP contribution in [0.5, 0.6) is 11.6 Å². The molecule has 0 aliphatic carbocycles. The fourth-order valence-electron chi connectivity index (χ4n) is 3.01. The molecule has 3 heterocycles. The predicted octanol–water partition coefficient (Wildman–Crippen LogP) is 2.09. The number of nitrogens with zero attached hydrogens (tertiary/aromatic N) is 4. The molecule has 32 heavy (non-hydrogen) atoms. The van der Waals surface area contributed by atoms with Gasteiger partial charge in [0.2, 0.25) is 5.88 Å². The molecule has 0 spiro atoms. The molecule has 0 aliphatic heterocycles. The van der Waals surface area contributed by atoms with Crippen molar-refractivity contribution < 1.29 is 28.2 Å². The summed E-state index contributed by atoms with van der Waals surface area (Å²) in [6.45, 7) is 0.0481. The van der Waals surface area contributed by atoms with E-state index in [-0.39, 0.29) is 5.82 Å². The van der Waals surface area contributed by atoms with E-state index < -0.39 is 14.6 Å². The number of nitrogens with two attached hydrogens (primary N) is 1. The normalized spacial score (nSPS) is 12.9. The third-order valence-electron chi connectivity index (χ3n) is 4.53. The second-order valence-electron chi connectivity index (χ2n) is 6.85. The van der Waals surface area contributed by atoms with E-state index in [0.29, 0.717) is 23.7 Å². The van der Waals surface area contributed by atoms with Crippen molar-refractivity contribution >= 4 is 13.6 Å². The summed E-state index contributed by atoms with van der Waals surface area (Å²) in [4.78, 5) is 24.0. The van der Waals surface area contributed by atoms with Gasteiger partial charge < -0.3 is 14.5 Å². The molecule has 164 valence electrons. The van der Waals surface area contributed by atoms with E-state index in [1.807, 2.05) is 42.6 Å². The Morgan fingerprint density at radius 3 is 2.66 bits per heavy atom. The van der Waals surface area contributed by atoms with E-state index in [1.165, 1.54) is 4.57 Å². The minimum atomic E-state index is -4.85. The minimum Gasteiger partial charge on any atom is -0.756 e. The van der Waals surface area contributed by atoms with Gasteiger partial charge in [0.05, 0.1) is 24.5 Å². The lowest BCUT2D eigenvalue weighted by Crippen LogP contribution is -2.38. The summed E-state index contributed by atoms with van der Waals surface area (Å²) >= 11 is 0. The number of phosphoric acid groups is 1. The van der Waals surface area contributed by atoms with E-state index in [4.69, 9.17) is 15.4 Å². The zero-order chi connectivity index (χ0) is 22.6. The largest absolute Gasteiger partial charge is 0.756 e. The van der Waals surface area contributed by atoms with Gasteiger partial charge >= 0.3 is 0 Å². The van der Waals surface area contributed by atoms with Crippen LogP contribution >= 0.6 is 7.82 Å². The van der Waals surface area contributed by atoms with Gasteiger partial charge in [-0.2, -0.15) is 5.10 Å². The van der Waals surface area contributed by atoms with Crippen LogP contribution in [0.1, 0.15) is 5.56 Å². The van der Waals surface area contributed by atoms with Gasteiger partial charge in [-0.15, -0.1) is 0 Å². The molecule has 3 aromatic heterocycles. The summed E-state index contributed by atoms with van der Waals surface area (Å²) in [5, 5.41) is 4.36. The van der Waals surface area contributed by atoms with Crippen molar-refractivity contribution in [2.24, 2.45) is 0 Å². The number of phosphoric ester groups is 1. The van der Waals surface area contributed by atoms with Gasteiger partial charge in [-0.3, -0.25) is 19.5 Å². The van der Waals surface area contributed by atoms with Gasteiger partial charge in [-0.25, -0.2) is 9.55 Å². The number of rotatable bonds is 8. The molecule has 4 rings (SSSR count). The number of ether oxygens (including phenoxy) is 1. The maximum absolute atomic E-state index is 10.8. The number of hydrogen-bond donors (Lipinski definition) is 2. The van der Waals surface area contributed by atoms with Crippen molar-refractivity contribution in [3.63, 3.8) is 0 Å². The maximum Gasteiger partial charge on any atom is 0.282 e. The Morgan fingerprint density at radius 2 is 1.94 bits per heavy atom. The number of anilines is 1. The molecule has 0 radical (unpaired) electrons. The SMILES string of the molecule is Nc1c(-c2cnn(Cc3ccc(Oc4ccccc4)nc3)c2)ccc[n+]1COP(=O)([O-])O. The number of pyridine rings is 2. The Morgan fingerprint density at radius 1 is 1.12 bits per heavy atom. The molecular weight excluding hydrogens is 433 g/mol. The van der Waals surface area contributed by atoms with Crippen molar-refractivity contribution in [1.82, 2.24) is 14.8 Å². The molecule has 11 heteroatoms. The molecule has 0 saturated heterocycles. The van der Waals surface area contributed by atoms with Crippen LogP contribution in [0.4, 0.5) is 5.82 Å². The highest BCUT2D eigenvalue weighted by Gasteiger charge is 2.16. The molecule has 1 aromatic carbocycles. The van der Waals surface area contributed by atoms with E-state index >= 15 is 0 Å². The Hall–Kier alpha value is -3.56. The van der Waals surface area contributed by atoms with E-state index in [2.05, 4.69) is 14.6 Å². The molecule has 0 fully saturated rings. The van der Waals surface area contributed by atoms with Crippen LogP contribution in [0.25, 0.3) is 11.1 Å². The van der Waals surface area contributed by atoms with Crippen LogP contribution in [-0.2, 0) is 22.4 Å². The number of aromatic nitrogens is 4. The standard InChI is InChI=1S/C21H20N5O5P/c22-21-19(7-4-10-25(21)15-30-32(27,28)29)17-12-24-26(14-17)13-16-8-9-20(23-11-16)31-18-5-2-1-3-6-18/h1-12,14,22H,13,15H2,(H2,27,28,29). The van der Waals surface area contributed by atoms with Crippen molar-refractivity contribution in [3.05, 3.63) is 84.9 Å². The van der Waals surface area contributed by atoms with Crippen molar-refractivity contribution in [3.8, 4) is 22.8 Å². The lowest BCUT2D eigenvalue weighted by Gasteiger charge is -2.15. The van der Waals surface area contributed by atoms with Gasteiger partial charge in [0, 0.05) is 24.0 Å². The van der Waals surface area contributed by atoms with Gasteiger partial charge in [0.25, 0.3) is 13.6 Å². The first kappa shape index (κ1) is 21.7. The van der Waals surface area contributed by atoms with Crippen LogP contribution in [0.2, 0.25) is 0 Å². The molecule has 1 unspecified atom stereocenters. The van der Waals surface area contributed by atoms with Crippen molar-refractivity contribution in [2.75, 3.05) is 5.73 Å². The molecule has 0 saturated carbocycles. The molecule has 4 aromatic rings. The van der Waals surface area contributed by atoms with Crippen LogP contribution in [0.3, 0.4) is 0 Å². The van der Waals surface area contributed by atoms with Crippen molar-refractivity contribution in [2.45, 2.75) is 13.3 Å². The van der Waals surface area contributed by atoms with Gasteiger partial charge in [0.1, 0.15) is 5.75 Å². The second kappa shape index (κ2) is 9.29. The smallest absolute Gasteiger partial charge is 0.282 e. The number of benzene rings is 1. The fourth-order valence-corrected chi connectivity index (χ4v) is 3.28. The second-order valence-corrected chi connectivity index (χ2v) is 8.05. The predicted molar refractivity (Wildman–Crippen MR) is 113 cm³/mol. The first-order valence-electron chi connectivity index (χ1n) is 9.54. The third kappa shape index (κ3) is 5.57. The summed E-state index contributed by atoms with van der Waals surface area (Å²) < 4.78 is 24.1. The Bertz CT molecular complexity index is 1240. The van der Waals surface area contributed by atoms with Crippen LogP contribution in [0.15, 0.2) is 79.4 Å². The summed E-state index contributed by atoms with van der Waals surface area (Å²) in [6.07, 6.45) is 6.74. The Kier molecular flexibility index (Phi) is 6.29. The fraction of sp³-hybridized carbons (Fsp3) is 0.0952. The Balaban J connectivity index is 1.45. The van der Waals surface area contributed by atoms with Crippen LogP contribution in [-0.4, -0.2) is 19.7 Å². The first-order chi connectivity index (χ1) is 15.4. The highest BCUT2D eigenvalue weighted by atomic mass is 31.2. The lowest BCUT2D eigenvalue weighted by atomic mass is 10.1.